The number of carbonyl (C=O) groups is 1. The van der Waals surface area contributed by atoms with Crippen LogP contribution in [0.5, 0.6) is 5.75 Å². The first-order chi connectivity index (χ1) is 18.6. The lowest BCUT2D eigenvalue weighted by Crippen LogP contribution is -2.55. The SMILES string of the molecule is O=C1C(CCC(O)c2cccc(Cl)c2)C(c2ccc(-c3ccccc3P(=O)(O)O)c(O)c2)N1c1ccccc1. The van der Waals surface area contributed by atoms with Gasteiger partial charge in [-0.2, -0.15) is 0 Å². The molecule has 0 radical (unpaired) electrons. The third-order valence-corrected chi connectivity index (χ3v) is 8.36. The van der Waals surface area contributed by atoms with Gasteiger partial charge in [-0.3, -0.25) is 9.36 Å². The van der Waals surface area contributed by atoms with Crippen LogP contribution >= 0.6 is 19.2 Å². The van der Waals surface area contributed by atoms with E-state index >= 15 is 0 Å². The monoisotopic (exact) mass is 563 g/mol. The fraction of sp³-hybridized carbons (Fsp3) is 0.167. The Hall–Kier alpha value is -3.45. The average Bonchev–Trinajstić information content (AvgIpc) is 2.91. The number of β-lactam (4-membered cyclic amide) rings is 1. The van der Waals surface area contributed by atoms with Crippen molar-refractivity contribution < 1.29 is 29.4 Å². The molecule has 1 fully saturated rings. The van der Waals surface area contributed by atoms with Gasteiger partial charge >= 0.3 is 7.60 Å². The molecule has 1 aliphatic rings. The predicted octanol–water partition coefficient (Wildman–Crippen LogP) is 5.73. The van der Waals surface area contributed by atoms with E-state index in [0.29, 0.717) is 29.0 Å². The van der Waals surface area contributed by atoms with Crippen LogP contribution in [0.15, 0.2) is 97.1 Å². The van der Waals surface area contributed by atoms with Crippen molar-refractivity contribution in [3.05, 3.63) is 113 Å². The normalized spacial score (nSPS) is 18.1. The summed E-state index contributed by atoms with van der Waals surface area (Å²) in [5, 5.41) is 22.1. The van der Waals surface area contributed by atoms with Crippen molar-refractivity contribution in [1.29, 1.82) is 0 Å². The van der Waals surface area contributed by atoms with Crippen molar-refractivity contribution in [2.75, 3.05) is 4.90 Å². The number of nitrogens with zero attached hydrogens (tertiary/aromatic N) is 1. The molecule has 4 aromatic rings. The van der Waals surface area contributed by atoms with Crippen LogP contribution in [0, 0.1) is 5.92 Å². The summed E-state index contributed by atoms with van der Waals surface area (Å²) in [4.78, 5) is 34.6. The number of para-hydroxylation sites is 1. The largest absolute Gasteiger partial charge is 0.507 e. The van der Waals surface area contributed by atoms with Crippen LogP contribution in [0.4, 0.5) is 5.69 Å². The fourth-order valence-corrected chi connectivity index (χ4v) is 6.21. The van der Waals surface area contributed by atoms with Gasteiger partial charge in [0.25, 0.3) is 0 Å². The van der Waals surface area contributed by atoms with Crippen molar-refractivity contribution in [1.82, 2.24) is 0 Å². The van der Waals surface area contributed by atoms with Gasteiger partial charge in [0.05, 0.1) is 23.4 Å². The molecule has 0 saturated carbocycles. The van der Waals surface area contributed by atoms with E-state index < -0.39 is 25.7 Å². The Labute approximate surface area is 231 Å². The highest BCUT2D eigenvalue weighted by molar-refractivity contribution is 7.60. The maximum atomic E-state index is 13.4. The van der Waals surface area contributed by atoms with Gasteiger partial charge in [-0.25, -0.2) is 0 Å². The summed E-state index contributed by atoms with van der Waals surface area (Å²) in [7, 11) is -4.58. The number of benzene rings is 4. The molecule has 9 heteroatoms. The van der Waals surface area contributed by atoms with Crippen molar-refractivity contribution in [2.24, 2.45) is 5.92 Å². The van der Waals surface area contributed by atoms with Gasteiger partial charge in [-0.1, -0.05) is 72.3 Å². The number of aliphatic hydroxyl groups is 1. The zero-order valence-corrected chi connectivity index (χ0v) is 22.4. The van der Waals surface area contributed by atoms with E-state index in [4.69, 9.17) is 11.6 Å². The highest BCUT2D eigenvalue weighted by atomic mass is 35.5. The molecule has 4 aromatic carbocycles. The van der Waals surface area contributed by atoms with Crippen LogP contribution in [0.1, 0.15) is 36.1 Å². The molecule has 1 aliphatic heterocycles. The molecule has 0 spiro atoms. The minimum absolute atomic E-state index is 0.0834. The highest BCUT2D eigenvalue weighted by Gasteiger charge is 2.48. The molecule has 0 aromatic heterocycles. The molecule has 3 atom stereocenters. The molecule has 4 N–H and O–H groups in total. The number of aliphatic hydroxyl groups excluding tert-OH is 1. The number of phenolic OH excluding ortho intramolecular Hbond substituents is 1. The lowest BCUT2D eigenvalue weighted by Gasteiger charge is -2.48. The molecule has 39 heavy (non-hydrogen) atoms. The Kier molecular flexibility index (Phi) is 7.63. The molecular formula is C30H27ClNO6P. The van der Waals surface area contributed by atoms with E-state index in [2.05, 4.69) is 0 Å². The number of aromatic hydroxyl groups is 1. The first kappa shape index (κ1) is 27.1. The molecule has 200 valence electrons. The number of anilines is 1. The summed E-state index contributed by atoms with van der Waals surface area (Å²) < 4.78 is 12.0. The summed E-state index contributed by atoms with van der Waals surface area (Å²) in [6, 6.07) is 26.8. The van der Waals surface area contributed by atoms with Crippen molar-refractivity contribution in [2.45, 2.75) is 25.0 Å². The third-order valence-electron chi connectivity index (χ3n) is 7.10. The minimum Gasteiger partial charge on any atom is -0.507 e. The second-order valence-electron chi connectivity index (χ2n) is 9.58. The van der Waals surface area contributed by atoms with Crippen LogP contribution < -0.4 is 10.2 Å². The van der Waals surface area contributed by atoms with Crippen molar-refractivity contribution in [3.8, 4) is 16.9 Å². The maximum absolute atomic E-state index is 13.4. The molecule has 1 heterocycles. The van der Waals surface area contributed by atoms with E-state index in [1.165, 1.54) is 12.1 Å². The van der Waals surface area contributed by atoms with E-state index in [1.54, 1.807) is 59.5 Å². The molecule has 0 aliphatic carbocycles. The third kappa shape index (κ3) is 5.50. The van der Waals surface area contributed by atoms with Crippen LogP contribution in [0.3, 0.4) is 0 Å². The van der Waals surface area contributed by atoms with E-state index in [-0.39, 0.29) is 28.1 Å². The number of rotatable bonds is 8. The predicted molar refractivity (Wildman–Crippen MR) is 151 cm³/mol. The van der Waals surface area contributed by atoms with Gasteiger partial charge in [-0.05, 0) is 60.4 Å². The molecule has 3 unspecified atom stereocenters. The highest BCUT2D eigenvalue weighted by Crippen LogP contribution is 2.48. The number of carbonyl (C=O) groups excluding carboxylic acids is 1. The second kappa shape index (κ2) is 11.0. The lowest BCUT2D eigenvalue weighted by atomic mass is 9.78. The van der Waals surface area contributed by atoms with Gasteiger partial charge in [-0.15, -0.1) is 0 Å². The van der Waals surface area contributed by atoms with Crippen molar-refractivity contribution >= 4 is 36.1 Å². The first-order valence-corrected chi connectivity index (χ1v) is 14.4. The smallest absolute Gasteiger partial charge is 0.356 e. The second-order valence-corrected chi connectivity index (χ2v) is 11.6. The minimum atomic E-state index is -4.58. The Balaban J connectivity index is 1.46. The van der Waals surface area contributed by atoms with Gasteiger partial charge in [0.15, 0.2) is 0 Å². The Morgan fingerprint density at radius 1 is 0.872 bits per heavy atom. The van der Waals surface area contributed by atoms with E-state index in [1.807, 2.05) is 30.3 Å². The molecule has 1 saturated heterocycles. The summed E-state index contributed by atoms with van der Waals surface area (Å²) >= 11 is 6.07. The zero-order chi connectivity index (χ0) is 27.7. The maximum Gasteiger partial charge on any atom is 0.356 e. The molecule has 7 nitrogen and oxygen atoms in total. The molecular weight excluding hydrogens is 537 g/mol. The summed E-state index contributed by atoms with van der Waals surface area (Å²) in [5.74, 6) is -0.676. The van der Waals surface area contributed by atoms with Crippen LogP contribution in [0.2, 0.25) is 5.02 Å². The summed E-state index contributed by atoms with van der Waals surface area (Å²) in [6.07, 6.45) is -0.0393. The van der Waals surface area contributed by atoms with Crippen LogP contribution in [-0.2, 0) is 9.36 Å². The molecule has 5 rings (SSSR count). The van der Waals surface area contributed by atoms with Crippen LogP contribution in [-0.4, -0.2) is 25.9 Å². The summed E-state index contributed by atoms with van der Waals surface area (Å²) in [6.45, 7) is 0. The lowest BCUT2D eigenvalue weighted by molar-refractivity contribution is -0.131. The zero-order valence-electron chi connectivity index (χ0n) is 20.8. The van der Waals surface area contributed by atoms with E-state index in [9.17, 15) is 29.4 Å². The van der Waals surface area contributed by atoms with Crippen molar-refractivity contribution in [3.63, 3.8) is 0 Å². The first-order valence-electron chi connectivity index (χ1n) is 12.4. The van der Waals surface area contributed by atoms with Gasteiger partial charge in [0.1, 0.15) is 5.75 Å². The van der Waals surface area contributed by atoms with Gasteiger partial charge in [0, 0.05) is 21.8 Å². The van der Waals surface area contributed by atoms with Crippen LogP contribution in [0.25, 0.3) is 11.1 Å². The average molecular weight is 564 g/mol. The standard InChI is InChI=1S/C30H27ClNO6P/c31-21-8-6-7-19(17-21)26(33)16-15-25-29(32(30(25)35)22-9-2-1-3-10-22)20-13-14-23(27(34)18-20)24-11-4-5-12-28(24)39(36,37)38/h1-14,17-18,25-26,29,33-34H,15-16H2,(H2,36,37,38). The Morgan fingerprint density at radius 3 is 2.28 bits per heavy atom. The topological polar surface area (TPSA) is 118 Å². The number of phenols is 1. The number of amides is 1. The molecule has 1 amide bonds. The Morgan fingerprint density at radius 2 is 1.59 bits per heavy atom. The van der Waals surface area contributed by atoms with E-state index in [0.717, 1.165) is 5.69 Å². The van der Waals surface area contributed by atoms with Gasteiger partial charge < -0.3 is 24.9 Å². The number of hydrogen-bond acceptors (Lipinski definition) is 4. The summed E-state index contributed by atoms with van der Waals surface area (Å²) in [5.41, 5.74) is 2.59. The number of hydrogen-bond donors (Lipinski definition) is 4. The Bertz CT molecular complexity index is 1560. The fourth-order valence-electron chi connectivity index (χ4n) is 5.22. The van der Waals surface area contributed by atoms with Gasteiger partial charge in [0.2, 0.25) is 5.91 Å². The quantitative estimate of drug-likeness (QED) is 0.160. The molecule has 0 bridgehead atoms. The number of halogens is 1.